The van der Waals surface area contributed by atoms with Crippen molar-refractivity contribution in [2.45, 2.75) is 78.0 Å². The molecule has 0 saturated carbocycles. The van der Waals surface area contributed by atoms with Crippen molar-refractivity contribution < 1.29 is 19.1 Å². The fourth-order valence-electron chi connectivity index (χ4n) is 4.47. The summed E-state index contributed by atoms with van der Waals surface area (Å²) in [5, 5.41) is 3.35. The van der Waals surface area contributed by atoms with Crippen LogP contribution in [-0.2, 0) is 4.74 Å². The first-order valence-corrected chi connectivity index (χ1v) is 12.9. The maximum Gasteiger partial charge on any atom is 0.410 e. The SMILES string of the molecule is CC(C)Oc1nc(N)c(Cl)cc1C(=O)NC1CCN(CC2CCN(C(=O)OC(C)(C)C)CC2)CC1. The summed E-state index contributed by atoms with van der Waals surface area (Å²) in [5.74, 6) is 0.667. The Kier molecular flexibility index (Phi) is 9.10. The topological polar surface area (TPSA) is 110 Å². The Morgan fingerprint density at radius 1 is 1.17 bits per heavy atom. The molecule has 0 aromatic carbocycles. The molecule has 3 N–H and O–H groups in total. The van der Waals surface area contributed by atoms with Crippen LogP contribution in [-0.4, -0.2) is 77.3 Å². The molecule has 1 aromatic rings. The van der Waals surface area contributed by atoms with Gasteiger partial charge in [-0.1, -0.05) is 11.6 Å². The molecule has 0 unspecified atom stereocenters. The summed E-state index contributed by atoms with van der Waals surface area (Å²) in [5.41, 5.74) is 5.64. The van der Waals surface area contributed by atoms with Gasteiger partial charge in [-0.2, -0.15) is 4.98 Å². The number of hydrogen-bond donors (Lipinski definition) is 2. The van der Waals surface area contributed by atoms with E-state index < -0.39 is 5.60 Å². The second-order valence-corrected chi connectivity index (χ2v) is 11.2. The van der Waals surface area contributed by atoms with Crippen LogP contribution in [0.2, 0.25) is 5.02 Å². The third-order valence-electron chi connectivity index (χ3n) is 6.27. The van der Waals surface area contributed by atoms with Gasteiger partial charge in [0.25, 0.3) is 5.91 Å². The molecular weight excluding hydrogens is 470 g/mol. The summed E-state index contributed by atoms with van der Waals surface area (Å²) in [7, 11) is 0. The number of anilines is 1. The van der Waals surface area contributed by atoms with Gasteiger partial charge in [-0.05, 0) is 72.3 Å². The number of carbonyl (C=O) groups is 2. The van der Waals surface area contributed by atoms with Crippen LogP contribution >= 0.6 is 11.6 Å². The van der Waals surface area contributed by atoms with E-state index in [1.54, 1.807) is 0 Å². The number of amides is 2. The average molecular weight is 510 g/mol. The number of pyridine rings is 1. The minimum atomic E-state index is -0.465. The molecule has 10 heteroatoms. The van der Waals surface area contributed by atoms with Crippen LogP contribution < -0.4 is 15.8 Å². The molecule has 9 nitrogen and oxygen atoms in total. The number of rotatable bonds is 6. The Hall–Kier alpha value is -2.26. The fourth-order valence-corrected chi connectivity index (χ4v) is 4.63. The molecule has 2 saturated heterocycles. The summed E-state index contributed by atoms with van der Waals surface area (Å²) in [6, 6.07) is 1.60. The molecule has 0 radical (unpaired) electrons. The second-order valence-electron chi connectivity index (χ2n) is 10.8. The summed E-state index contributed by atoms with van der Waals surface area (Å²) in [6.45, 7) is 13.8. The lowest BCUT2D eigenvalue weighted by Gasteiger charge is -2.38. The molecule has 35 heavy (non-hydrogen) atoms. The number of nitrogens with one attached hydrogen (secondary N) is 1. The first-order chi connectivity index (χ1) is 16.4. The maximum absolute atomic E-state index is 13.0. The predicted molar refractivity (Wildman–Crippen MR) is 137 cm³/mol. The van der Waals surface area contributed by atoms with E-state index in [4.69, 9.17) is 26.8 Å². The average Bonchev–Trinajstić information content (AvgIpc) is 2.76. The second kappa shape index (κ2) is 11.6. The van der Waals surface area contributed by atoms with Gasteiger partial charge in [-0.25, -0.2) is 4.79 Å². The molecule has 3 heterocycles. The highest BCUT2D eigenvalue weighted by Crippen LogP contribution is 2.27. The van der Waals surface area contributed by atoms with E-state index in [-0.39, 0.29) is 40.9 Å². The van der Waals surface area contributed by atoms with Crippen LogP contribution in [0.4, 0.5) is 10.6 Å². The van der Waals surface area contributed by atoms with Gasteiger partial charge < -0.3 is 30.3 Å². The van der Waals surface area contributed by atoms with Crippen LogP contribution in [0.25, 0.3) is 0 Å². The number of hydrogen-bond acceptors (Lipinski definition) is 7. The normalized spacial score (nSPS) is 18.5. The van der Waals surface area contributed by atoms with Crippen molar-refractivity contribution in [3.8, 4) is 5.88 Å². The molecule has 0 bridgehead atoms. The lowest BCUT2D eigenvalue weighted by atomic mass is 9.95. The van der Waals surface area contributed by atoms with Gasteiger partial charge in [0, 0.05) is 38.8 Å². The Morgan fingerprint density at radius 2 is 1.80 bits per heavy atom. The minimum Gasteiger partial charge on any atom is -0.474 e. The van der Waals surface area contributed by atoms with Gasteiger partial charge >= 0.3 is 6.09 Å². The third kappa shape index (κ3) is 8.14. The lowest BCUT2D eigenvalue weighted by molar-refractivity contribution is 0.0164. The number of nitrogens with zero attached hydrogens (tertiary/aromatic N) is 3. The summed E-state index contributed by atoms with van der Waals surface area (Å²) < 4.78 is 11.2. The van der Waals surface area contributed by atoms with Crippen molar-refractivity contribution >= 4 is 29.4 Å². The van der Waals surface area contributed by atoms with E-state index in [2.05, 4.69) is 15.2 Å². The molecule has 3 rings (SSSR count). The van der Waals surface area contributed by atoms with Crippen LogP contribution in [0.5, 0.6) is 5.88 Å². The molecule has 0 spiro atoms. The number of halogens is 1. The van der Waals surface area contributed by atoms with E-state index in [0.29, 0.717) is 11.5 Å². The molecule has 0 aliphatic carbocycles. The number of carbonyl (C=O) groups excluding carboxylic acids is 2. The first kappa shape index (κ1) is 27.3. The number of nitrogens with two attached hydrogens (primary N) is 1. The number of likely N-dealkylation sites (tertiary alicyclic amines) is 2. The molecule has 0 atom stereocenters. The van der Waals surface area contributed by atoms with Gasteiger partial charge in [0.2, 0.25) is 5.88 Å². The summed E-state index contributed by atoms with van der Waals surface area (Å²) in [4.78, 5) is 33.7. The Balaban J connectivity index is 1.44. The highest BCUT2D eigenvalue weighted by molar-refractivity contribution is 6.33. The monoisotopic (exact) mass is 509 g/mol. The highest BCUT2D eigenvalue weighted by Gasteiger charge is 2.29. The largest absolute Gasteiger partial charge is 0.474 e. The first-order valence-electron chi connectivity index (χ1n) is 12.5. The molecule has 196 valence electrons. The van der Waals surface area contributed by atoms with Crippen LogP contribution in [0.3, 0.4) is 0 Å². The lowest BCUT2D eigenvalue weighted by Crippen LogP contribution is -2.47. The van der Waals surface area contributed by atoms with Crippen LogP contribution in [0.15, 0.2) is 6.07 Å². The molecule has 2 aliphatic heterocycles. The quantitative estimate of drug-likeness (QED) is 0.597. The van der Waals surface area contributed by atoms with Crippen molar-refractivity contribution in [2.75, 3.05) is 38.5 Å². The smallest absolute Gasteiger partial charge is 0.410 e. The number of ether oxygens (including phenoxy) is 2. The maximum atomic E-state index is 13.0. The van der Waals surface area contributed by atoms with E-state index in [9.17, 15) is 9.59 Å². The van der Waals surface area contributed by atoms with Gasteiger partial charge in [0.1, 0.15) is 17.0 Å². The van der Waals surface area contributed by atoms with E-state index in [0.717, 1.165) is 58.4 Å². The predicted octanol–water partition coefficient (Wildman–Crippen LogP) is 3.95. The molecule has 1 aromatic heterocycles. The van der Waals surface area contributed by atoms with E-state index in [1.165, 1.54) is 6.07 Å². The van der Waals surface area contributed by atoms with Crippen molar-refractivity contribution in [3.05, 3.63) is 16.7 Å². The molecule has 2 aliphatic rings. The minimum absolute atomic E-state index is 0.0796. The zero-order chi connectivity index (χ0) is 25.8. The molecular formula is C25H40ClN5O4. The van der Waals surface area contributed by atoms with Crippen molar-refractivity contribution in [1.82, 2.24) is 20.1 Å². The fraction of sp³-hybridized carbons (Fsp3) is 0.720. The molecule has 2 amide bonds. The van der Waals surface area contributed by atoms with Crippen molar-refractivity contribution in [1.29, 1.82) is 0 Å². The van der Waals surface area contributed by atoms with Gasteiger partial charge in [-0.3, -0.25) is 4.79 Å². The van der Waals surface area contributed by atoms with Crippen LogP contribution in [0.1, 0.15) is 70.7 Å². The Bertz CT molecular complexity index is 889. The number of piperidine rings is 2. The molecule has 2 fully saturated rings. The van der Waals surface area contributed by atoms with Gasteiger partial charge in [0.15, 0.2) is 0 Å². The summed E-state index contributed by atoms with van der Waals surface area (Å²) >= 11 is 6.12. The highest BCUT2D eigenvalue weighted by atomic mass is 35.5. The third-order valence-corrected chi connectivity index (χ3v) is 6.57. The van der Waals surface area contributed by atoms with Gasteiger partial charge in [0.05, 0.1) is 11.1 Å². The van der Waals surface area contributed by atoms with Crippen molar-refractivity contribution in [2.24, 2.45) is 5.92 Å². The Labute approximate surface area is 213 Å². The van der Waals surface area contributed by atoms with E-state index >= 15 is 0 Å². The Morgan fingerprint density at radius 3 is 2.37 bits per heavy atom. The summed E-state index contributed by atoms with van der Waals surface area (Å²) in [6.07, 6.45) is 3.36. The van der Waals surface area contributed by atoms with Gasteiger partial charge in [-0.15, -0.1) is 0 Å². The van der Waals surface area contributed by atoms with E-state index in [1.807, 2.05) is 39.5 Å². The van der Waals surface area contributed by atoms with Crippen LogP contribution in [0, 0.1) is 5.92 Å². The number of aromatic nitrogens is 1. The zero-order valence-corrected chi connectivity index (χ0v) is 22.4. The zero-order valence-electron chi connectivity index (χ0n) is 21.6. The van der Waals surface area contributed by atoms with Crippen molar-refractivity contribution in [3.63, 3.8) is 0 Å². The standard InChI is InChI=1S/C25H40ClN5O4/c1-16(2)34-23-19(14-20(26)21(27)29-23)22(32)28-18-8-10-30(11-9-18)15-17-6-12-31(13-7-17)24(33)35-25(3,4)5/h14,16-18H,6-13,15H2,1-5H3,(H2,27,29)(H,28,32). The number of nitrogen functional groups attached to an aromatic ring is 1.